The van der Waals surface area contributed by atoms with E-state index in [1.54, 1.807) is 48.5 Å². The summed E-state index contributed by atoms with van der Waals surface area (Å²) < 4.78 is 10.3. The molecule has 3 rings (SSSR count). The minimum Gasteiger partial charge on any atom is -0.453 e. The van der Waals surface area contributed by atoms with Crippen LogP contribution in [0.2, 0.25) is 0 Å². The Labute approximate surface area is 155 Å². The van der Waals surface area contributed by atoms with Crippen molar-refractivity contribution in [1.29, 1.82) is 0 Å². The van der Waals surface area contributed by atoms with E-state index in [2.05, 4.69) is 10.3 Å². The van der Waals surface area contributed by atoms with E-state index in [9.17, 15) is 14.4 Å². The van der Waals surface area contributed by atoms with E-state index in [-0.39, 0.29) is 5.76 Å². The van der Waals surface area contributed by atoms with Gasteiger partial charge in [0.05, 0.1) is 5.56 Å². The molecular weight excluding hydrogens is 348 g/mol. The first kappa shape index (κ1) is 18.1. The van der Waals surface area contributed by atoms with Gasteiger partial charge >= 0.3 is 5.97 Å². The lowest BCUT2D eigenvalue weighted by Crippen LogP contribution is -2.21. The second kappa shape index (κ2) is 8.09. The van der Waals surface area contributed by atoms with Crippen molar-refractivity contribution in [2.45, 2.75) is 6.92 Å². The molecule has 0 unspecified atom stereocenters. The third-order valence-corrected chi connectivity index (χ3v) is 3.64. The van der Waals surface area contributed by atoms with E-state index < -0.39 is 18.5 Å². The maximum Gasteiger partial charge on any atom is 0.338 e. The Kier molecular flexibility index (Phi) is 5.41. The molecular formula is C20H16N2O5. The van der Waals surface area contributed by atoms with E-state index in [1.807, 2.05) is 13.0 Å². The molecule has 0 radical (unpaired) electrons. The topological polar surface area (TPSA) is 98.5 Å². The van der Waals surface area contributed by atoms with Gasteiger partial charge in [-0.1, -0.05) is 18.2 Å². The number of anilines is 1. The molecule has 7 heteroatoms. The predicted octanol–water partition coefficient (Wildman–Crippen LogP) is 3.26. The summed E-state index contributed by atoms with van der Waals surface area (Å²) in [6.45, 7) is 1.39. The molecule has 0 fully saturated rings. The van der Waals surface area contributed by atoms with E-state index in [4.69, 9.17) is 9.15 Å². The first-order valence-corrected chi connectivity index (χ1v) is 8.11. The average molecular weight is 364 g/mol. The van der Waals surface area contributed by atoms with Gasteiger partial charge in [0.1, 0.15) is 11.6 Å². The highest BCUT2D eigenvalue weighted by Crippen LogP contribution is 2.22. The standard InChI is InChI=1S/C20H16N2O5/c1-13-3-2-4-18(21-13)22-19(24)12-26-20(25)15-7-5-14(6-8-15)17-10-9-16(11-23)27-17/h2-11H,12H2,1H3,(H,21,22,24). The van der Waals surface area contributed by atoms with Crippen LogP contribution in [0.5, 0.6) is 0 Å². The summed E-state index contributed by atoms with van der Waals surface area (Å²) >= 11 is 0. The fourth-order valence-corrected chi connectivity index (χ4v) is 2.35. The number of esters is 1. The average Bonchev–Trinajstić information content (AvgIpc) is 3.15. The van der Waals surface area contributed by atoms with Gasteiger partial charge in [-0.15, -0.1) is 0 Å². The van der Waals surface area contributed by atoms with Crippen molar-refractivity contribution in [2.75, 3.05) is 11.9 Å². The summed E-state index contributed by atoms with van der Waals surface area (Å²) in [6.07, 6.45) is 0.618. The van der Waals surface area contributed by atoms with Crippen LogP contribution in [0.3, 0.4) is 0 Å². The molecule has 1 N–H and O–H groups in total. The number of amides is 1. The normalized spacial score (nSPS) is 10.3. The molecule has 1 aromatic carbocycles. The molecule has 2 aromatic heterocycles. The number of hydrogen-bond donors (Lipinski definition) is 1. The van der Waals surface area contributed by atoms with Crippen molar-refractivity contribution in [3.63, 3.8) is 0 Å². The molecule has 0 aliphatic rings. The van der Waals surface area contributed by atoms with Crippen LogP contribution in [0.15, 0.2) is 59.0 Å². The number of hydrogen-bond acceptors (Lipinski definition) is 6. The smallest absolute Gasteiger partial charge is 0.338 e. The zero-order valence-electron chi connectivity index (χ0n) is 14.5. The highest BCUT2D eigenvalue weighted by atomic mass is 16.5. The number of aldehydes is 1. The van der Waals surface area contributed by atoms with Crippen LogP contribution in [0.1, 0.15) is 26.6 Å². The van der Waals surface area contributed by atoms with Gasteiger partial charge in [-0.05, 0) is 43.3 Å². The summed E-state index contributed by atoms with van der Waals surface area (Å²) in [7, 11) is 0. The molecule has 0 aliphatic heterocycles. The van der Waals surface area contributed by atoms with Crippen LogP contribution < -0.4 is 5.32 Å². The van der Waals surface area contributed by atoms with Crippen LogP contribution >= 0.6 is 0 Å². The van der Waals surface area contributed by atoms with E-state index in [0.29, 0.717) is 29.0 Å². The number of furan rings is 1. The second-order valence-electron chi connectivity index (χ2n) is 5.69. The lowest BCUT2D eigenvalue weighted by atomic mass is 10.1. The highest BCUT2D eigenvalue weighted by Gasteiger charge is 2.12. The summed E-state index contributed by atoms with van der Waals surface area (Å²) in [4.78, 5) is 38.7. The first-order chi connectivity index (χ1) is 13.0. The molecule has 0 spiro atoms. The molecule has 1 amide bonds. The third-order valence-electron chi connectivity index (χ3n) is 3.64. The molecule has 27 heavy (non-hydrogen) atoms. The van der Waals surface area contributed by atoms with Crippen LogP contribution in [0, 0.1) is 6.92 Å². The van der Waals surface area contributed by atoms with Gasteiger partial charge in [-0.2, -0.15) is 0 Å². The molecule has 0 saturated carbocycles. The summed E-state index contributed by atoms with van der Waals surface area (Å²) in [5, 5.41) is 2.56. The molecule has 3 aromatic rings. The van der Waals surface area contributed by atoms with Gasteiger partial charge in [0.2, 0.25) is 0 Å². The molecule has 136 valence electrons. The van der Waals surface area contributed by atoms with Crippen molar-refractivity contribution in [1.82, 2.24) is 4.98 Å². The van der Waals surface area contributed by atoms with Gasteiger partial charge in [-0.3, -0.25) is 9.59 Å². The minimum absolute atomic E-state index is 0.225. The van der Waals surface area contributed by atoms with Gasteiger partial charge in [0.25, 0.3) is 5.91 Å². The minimum atomic E-state index is -0.623. The first-order valence-electron chi connectivity index (χ1n) is 8.11. The summed E-state index contributed by atoms with van der Waals surface area (Å²) in [6, 6.07) is 14.9. The van der Waals surface area contributed by atoms with Crippen LogP contribution in [0.4, 0.5) is 5.82 Å². The molecule has 7 nitrogen and oxygen atoms in total. The number of benzene rings is 1. The Bertz CT molecular complexity index is 976. The number of rotatable bonds is 6. The van der Waals surface area contributed by atoms with E-state index in [0.717, 1.165) is 5.69 Å². The number of carbonyl (C=O) groups excluding carboxylic acids is 3. The zero-order chi connectivity index (χ0) is 19.2. The molecule has 0 aliphatic carbocycles. The fourth-order valence-electron chi connectivity index (χ4n) is 2.35. The van der Waals surface area contributed by atoms with Crippen molar-refractivity contribution in [2.24, 2.45) is 0 Å². The lowest BCUT2D eigenvalue weighted by molar-refractivity contribution is -0.119. The Morgan fingerprint density at radius 1 is 1.11 bits per heavy atom. The fraction of sp³-hybridized carbons (Fsp3) is 0.100. The summed E-state index contributed by atoms with van der Waals surface area (Å²) in [5.74, 6) is 0.0372. The van der Waals surface area contributed by atoms with Crippen molar-refractivity contribution < 1.29 is 23.5 Å². The lowest BCUT2D eigenvalue weighted by Gasteiger charge is -2.07. The molecule has 0 bridgehead atoms. The number of carbonyl (C=O) groups is 3. The maximum atomic E-state index is 12.1. The number of aromatic nitrogens is 1. The van der Waals surface area contributed by atoms with Gasteiger partial charge in [0, 0.05) is 11.3 Å². The number of ether oxygens (including phenoxy) is 1. The van der Waals surface area contributed by atoms with Gasteiger partial charge in [0.15, 0.2) is 18.7 Å². The van der Waals surface area contributed by atoms with E-state index >= 15 is 0 Å². The third kappa shape index (κ3) is 4.66. The highest BCUT2D eigenvalue weighted by molar-refractivity contribution is 5.95. The van der Waals surface area contributed by atoms with Gasteiger partial charge < -0.3 is 14.5 Å². The maximum absolute atomic E-state index is 12.1. The Morgan fingerprint density at radius 3 is 2.56 bits per heavy atom. The summed E-state index contributed by atoms with van der Waals surface area (Å²) in [5.41, 5.74) is 1.77. The van der Waals surface area contributed by atoms with Crippen LogP contribution in [0.25, 0.3) is 11.3 Å². The number of pyridine rings is 1. The Morgan fingerprint density at radius 2 is 1.89 bits per heavy atom. The molecule has 0 saturated heterocycles. The molecule has 2 heterocycles. The van der Waals surface area contributed by atoms with Gasteiger partial charge in [-0.25, -0.2) is 9.78 Å². The second-order valence-corrected chi connectivity index (χ2v) is 5.69. The number of nitrogens with zero attached hydrogens (tertiary/aromatic N) is 1. The number of nitrogens with one attached hydrogen (secondary N) is 1. The van der Waals surface area contributed by atoms with Crippen molar-refractivity contribution >= 4 is 24.0 Å². The Hall–Kier alpha value is -3.74. The Balaban J connectivity index is 1.56. The van der Waals surface area contributed by atoms with Crippen LogP contribution in [-0.2, 0) is 9.53 Å². The van der Waals surface area contributed by atoms with E-state index in [1.165, 1.54) is 0 Å². The van der Waals surface area contributed by atoms with Crippen LogP contribution in [-0.4, -0.2) is 29.8 Å². The number of aryl methyl sites for hydroxylation is 1. The predicted molar refractivity (Wildman–Crippen MR) is 97.4 cm³/mol. The van der Waals surface area contributed by atoms with Crippen molar-refractivity contribution in [3.05, 3.63) is 71.6 Å². The quantitative estimate of drug-likeness (QED) is 0.532. The monoisotopic (exact) mass is 364 g/mol. The zero-order valence-corrected chi connectivity index (χ0v) is 14.5. The van der Waals surface area contributed by atoms with Crippen molar-refractivity contribution in [3.8, 4) is 11.3 Å². The largest absolute Gasteiger partial charge is 0.453 e. The SMILES string of the molecule is Cc1cccc(NC(=O)COC(=O)c2ccc(-c3ccc(C=O)o3)cc2)n1. The molecule has 0 atom stereocenters.